The van der Waals surface area contributed by atoms with Gasteiger partial charge < -0.3 is 5.21 Å². The van der Waals surface area contributed by atoms with Gasteiger partial charge in [-0.3, -0.25) is 4.90 Å². The van der Waals surface area contributed by atoms with Crippen LogP contribution in [0.15, 0.2) is 5.16 Å². The fourth-order valence-electron chi connectivity index (χ4n) is 4.28. The minimum atomic E-state index is 0.561. The minimum Gasteiger partial charge on any atom is -0.411 e. The maximum Gasteiger partial charge on any atom is 0.0648 e. The highest BCUT2D eigenvalue weighted by molar-refractivity contribution is 5.90. The molecule has 3 heteroatoms. The molecule has 96 valence electrons. The molecular weight excluding hydrogens is 212 g/mol. The first-order valence-electron chi connectivity index (χ1n) is 7.36. The van der Waals surface area contributed by atoms with Crippen molar-refractivity contribution in [3.63, 3.8) is 0 Å². The van der Waals surface area contributed by atoms with Gasteiger partial charge in [0.15, 0.2) is 0 Å². The molecule has 1 heterocycles. The monoisotopic (exact) mass is 236 g/mol. The molecule has 17 heavy (non-hydrogen) atoms. The second-order valence-corrected chi connectivity index (χ2v) is 6.00. The molecule has 3 nitrogen and oxygen atoms in total. The number of fused-ring (bicyclic) bond motifs is 2. The maximum absolute atomic E-state index is 9.28. The van der Waals surface area contributed by atoms with Gasteiger partial charge >= 0.3 is 0 Å². The molecule has 1 N–H and O–H groups in total. The van der Waals surface area contributed by atoms with Gasteiger partial charge in [0.2, 0.25) is 0 Å². The molecule has 3 atom stereocenters. The fraction of sp³-hybridized carbons (Fsp3) is 0.929. The Morgan fingerprint density at radius 1 is 0.941 bits per heavy atom. The predicted molar refractivity (Wildman–Crippen MR) is 68.5 cm³/mol. The van der Waals surface area contributed by atoms with Gasteiger partial charge in [0.25, 0.3) is 0 Å². The first kappa shape index (κ1) is 11.5. The van der Waals surface area contributed by atoms with E-state index in [1.54, 1.807) is 0 Å². The van der Waals surface area contributed by atoms with Crippen molar-refractivity contribution in [2.24, 2.45) is 17.0 Å². The Hall–Kier alpha value is -0.570. The summed E-state index contributed by atoms with van der Waals surface area (Å²) < 4.78 is 0. The van der Waals surface area contributed by atoms with Gasteiger partial charge in [0.05, 0.1) is 5.71 Å². The zero-order chi connectivity index (χ0) is 11.7. The second-order valence-electron chi connectivity index (χ2n) is 6.00. The zero-order valence-electron chi connectivity index (χ0n) is 10.6. The number of hydrogen-bond donors (Lipinski definition) is 1. The summed E-state index contributed by atoms with van der Waals surface area (Å²) >= 11 is 0. The van der Waals surface area contributed by atoms with E-state index >= 15 is 0 Å². The Morgan fingerprint density at radius 3 is 2.53 bits per heavy atom. The quantitative estimate of drug-likeness (QED) is 0.561. The van der Waals surface area contributed by atoms with Crippen molar-refractivity contribution in [3.8, 4) is 0 Å². The Labute approximate surface area is 104 Å². The van der Waals surface area contributed by atoms with E-state index in [2.05, 4.69) is 10.1 Å². The Balaban J connectivity index is 1.76. The SMILES string of the molecule is O/N=C1\[C@@H]2CCC[C@@H]1[C@@H](N1CCCCC1)CC2. The maximum atomic E-state index is 9.28. The van der Waals surface area contributed by atoms with Crippen molar-refractivity contribution >= 4 is 5.71 Å². The lowest BCUT2D eigenvalue weighted by Crippen LogP contribution is -2.51. The third-order valence-corrected chi connectivity index (χ3v) is 5.12. The summed E-state index contributed by atoms with van der Waals surface area (Å²) in [5.74, 6) is 1.16. The number of nitrogens with zero attached hydrogens (tertiary/aromatic N) is 2. The standard InChI is InChI=1S/C14H24N2O/c17-15-14-11-5-4-6-12(14)13(8-7-11)16-9-2-1-3-10-16/h11-13,17H,1-10H2/b15-14+/t11-,12-,13+/m1/s1. The molecule has 3 aliphatic rings. The first-order chi connectivity index (χ1) is 8.40. The molecule has 1 aliphatic heterocycles. The van der Waals surface area contributed by atoms with E-state index in [4.69, 9.17) is 0 Å². The van der Waals surface area contributed by atoms with E-state index < -0.39 is 0 Å². The molecule has 0 radical (unpaired) electrons. The van der Waals surface area contributed by atoms with Crippen molar-refractivity contribution in [2.75, 3.05) is 13.1 Å². The number of hydrogen-bond acceptors (Lipinski definition) is 3. The Morgan fingerprint density at radius 2 is 1.76 bits per heavy atom. The summed E-state index contributed by atoms with van der Waals surface area (Å²) in [6.07, 6.45) is 10.5. The summed E-state index contributed by atoms with van der Waals surface area (Å²) in [7, 11) is 0. The average Bonchev–Trinajstić information content (AvgIpc) is 2.39. The summed E-state index contributed by atoms with van der Waals surface area (Å²) in [4.78, 5) is 2.68. The van der Waals surface area contributed by atoms with E-state index in [-0.39, 0.29) is 0 Å². The largest absolute Gasteiger partial charge is 0.411 e. The third kappa shape index (κ3) is 2.10. The van der Waals surface area contributed by atoms with Crippen LogP contribution in [-0.2, 0) is 0 Å². The van der Waals surface area contributed by atoms with Crippen LogP contribution >= 0.6 is 0 Å². The Kier molecular flexibility index (Phi) is 3.37. The molecule has 0 aromatic carbocycles. The van der Waals surface area contributed by atoms with Gasteiger partial charge in [0.1, 0.15) is 0 Å². The van der Waals surface area contributed by atoms with Gasteiger partial charge in [-0.1, -0.05) is 18.0 Å². The van der Waals surface area contributed by atoms with Crippen molar-refractivity contribution in [1.29, 1.82) is 0 Å². The van der Waals surface area contributed by atoms with Crippen molar-refractivity contribution in [3.05, 3.63) is 0 Å². The normalized spacial score (nSPS) is 41.6. The molecule has 1 saturated heterocycles. The van der Waals surface area contributed by atoms with Gasteiger partial charge in [-0.25, -0.2) is 0 Å². The summed E-state index contributed by atoms with van der Waals surface area (Å²) in [5.41, 5.74) is 1.14. The van der Waals surface area contributed by atoms with Crippen LogP contribution in [0.5, 0.6) is 0 Å². The number of piperidine rings is 1. The van der Waals surface area contributed by atoms with Crippen molar-refractivity contribution < 1.29 is 5.21 Å². The minimum absolute atomic E-state index is 0.561. The molecular formula is C14H24N2O. The van der Waals surface area contributed by atoms with E-state index in [1.807, 2.05) is 0 Å². The van der Waals surface area contributed by atoms with Crippen LogP contribution in [-0.4, -0.2) is 35.0 Å². The summed E-state index contributed by atoms with van der Waals surface area (Å²) in [5, 5.41) is 12.9. The molecule has 0 aromatic heterocycles. The van der Waals surface area contributed by atoms with E-state index in [0.29, 0.717) is 17.9 Å². The molecule has 2 saturated carbocycles. The van der Waals surface area contributed by atoms with Crippen LogP contribution in [0.2, 0.25) is 0 Å². The van der Waals surface area contributed by atoms with E-state index in [0.717, 1.165) is 5.71 Å². The molecule has 3 fully saturated rings. The zero-order valence-corrected chi connectivity index (χ0v) is 10.6. The van der Waals surface area contributed by atoms with Gasteiger partial charge in [-0.05, 0) is 51.6 Å². The molecule has 0 amide bonds. The highest BCUT2D eigenvalue weighted by Gasteiger charge is 2.41. The molecule has 3 rings (SSSR count). The van der Waals surface area contributed by atoms with Crippen molar-refractivity contribution in [1.82, 2.24) is 4.90 Å². The topological polar surface area (TPSA) is 35.8 Å². The summed E-state index contributed by atoms with van der Waals surface area (Å²) in [6.45, 7) is 2.54. The van der Waals surface area contributed by atoms with Gasteiger partial charge in [0, 0.05) is 17.9 Å². The second kappa shape index (κ2) is 4.97. The number of rotatable bonds is 1. The highest BCUT2D eigenvalue weighted by Crippen LogP contribution is 2.40. The van der Waals surface area contributed by atoms with Crippen LogP contribution in [0.1, 0.15) is 51.4 Å². The molecule has 2 aliphatic carbocycles. The smallest absolute Gasteiger partial charge is 0.0648 e. The van der Waals surface area contributed by atoms with Crippen LogP contribution in [0, 0.1) is 11.8 Å². The van der Waals surface area contributed by atoms with Crippen LogP contribution < -0.4 is 0 Å². The lowest BCUT2D eigenvalue weighted by Gasteiger charge is -2.46. The first-order valence-corrected chi connectivity index (χ1v) is 7.36. The van der Waals surface area contributed by atoms with Crippen LogP contribution in [0.3, 0.4) is 0 Å². The van der Waals surface area contributed by atoms with Crippen LogP contribution in [0.25, 0.3) is 0 Å². The van der Waals surface area contributed by atoms with Crippen molar-refractivity contribution in [2.45, 2.75) is 57.4 Å². The third-order valence-electron chi connectivity index (χ3n) is 5.12. The van der Waals surface area contributed by atoms with Crippen LogP contribution in [0.4, 0.5) is 0 Å². The molecule has 0 spiro atoms. The Bertz CT molecular complexity index is 297. The van der Waals surface area contributed by atoms with E-state index in [1.165, 1.54) is 64.5 Å². The lowest BCUT2D eigenvalue weighted by atomic mass is 9.67. The molecule has 0 unspecified atom stereocenters. The van der Waals surface area contributed by atoms with Gasteiger partial charge in [-0.2, -0.15) is 0 Å². The molecule has 0 aromatic rings. The highest BCUT2D eigenvalue weighted by atomic mass is 16.4. The summed E-state index contributed by atoms with van der Waals surface area (Å²) in [6, 6.07) is 0.678. The number of likely N-dealkylation sites (tertiary alicyclic amines) is 1. The lowest BCUT2D eigenvalue weighted by molar-refractivity contribution is 0.0972. The fourth-order valence-corrected chi connectivity index (χ4v) is 4.28. The predicted octanol–water partition coefficient (Wildman–Crippen LogP) is 2.88. The number of oxime groups is 1. The average molecular weight is 236 g/mol. The van der Waals surface area contributed by atoms with E-state index in [9.17, 15) is 5.21 Å². The van der Waals surface area contributed by atoms with Gasteiger partial charge in [-0.15, -0.1) is 0 Å². The molecule has 2 bridgehead atoms.